The fourth-order valence-electron chi connectivity index (χ4n) is 3.72. The van der Waals surface area contributed by atoms with Crippen LogP contribution in [0.15, 0.2) is 40.0 Å². The summed E-state index contributed by atoms with van der Waals surface area (Å²) in [6.07, 6.45) is 6.62. The third-order valence-electron chi connectivity index (χ3n) is 5.52. The Morgan fingerprint density at radius 2 is 1.84 bits per heavy atom. The highest BCUT2D eigenvalue weighted by Gasteiger charge is 2.30. The number of ketones is 1. The van der Waals surface area contributed by atoms with E-state index in [-0.39, 0.29) is 23.5 Å². The van der Waals surface area contributed by atoms with Crippen molar-refractivity contribution >= 4 is 23.5 Å². The third kappa shape index (κ3) is 7.47. The molecular weight excluding hydrogens is 412 g/mol. The van der Waals surface area contributed by atoms with Crippen LogP contribution in [0.3, 0.4) is 0 Å². The molecule has 0 bridgehead atoms. The summed E-state index contributed by atoms with van der Waals surface area (Å²) < 4.78 is 5.61. The van der Waals surface area contributed by atoms with Gasteiger partial charge in [-0.3, -0.25) is 9.59 Å². The van der Waals surface area contributed by atoms with Gasteiger partial charge in [0.05, 0.1) is 0 Å². The maximum Gasteiger partial charge on any atom is 0.286 e. The smallest absolute Gasteiger partial charge is 0.286 e. The van der Waals surface area contributed by atoms with Crippen molar-refractivity contribution < 1.29 is 14.0 Å². The average molecular weight is 445 g/mol. The second kappa shape index (κ2) is 12.0. The lowest BCUT2D eigenvalue weighted by atomic mass is 9.97. The SMILES string of the molecule is CN(C)CCSc1nnc(C(=O)C(Cc2ccccc2)NC(=O)C2CCCCCC2)o1. The Hall–Kier alpha value is -2.19. The average Bonchev–Trinajstić information content (AvgIpc) is 3.05. The van der Waals surface area contributed by atoms with Crippen LogP contribution in [-0.2, 0) is 11.2 Å². The Morgan fingerprint density at radius 3 is 2.52 bits per heavy atom. The Bertz CT molecular complexity index is 832. The van der Waals surface area contributed by atoms with Crippen LogP contribution in [0, 0.1) is 5.92 Å². The normalized spacial score (nSPS) is 16.1. The molecule has 7 nitrogen and oxygen atoms in total. The molecule has 0 spiro atoms. The predicted molar refractivity (Wildman–Crippen MR) is 121 cm³/mol. The molecule has 2 aromatic rings. The highest BCUT2D eigenvalue weighted by atomic mass is 32.2. The minimum absolute atomic E-state index is 0.0339. The molecular formula is C23H32N4O3S. The fourth-order valence-corrected chi connectivity index (χ4v) is 4.59. The molecule has 1 aromatic heterocycles. The Labute approximate surface area is 188 Å². The number of nitrogens with zero attached hydrogens (tertiary/aromatic N) is 3. The van der Waals surface area contributed by atoms with Gasteiger partial charge in [0.25, 0.3) is 11.1 Å². The van der Waals surface area contributed by atoms with Crippen LogP contribution in [0.5, 0.6) is 0 Å². The van der Waals surface area contributed by atoms with Crippen LogP contribution in [0.2, 0.25) is 0 Å². The zero-order chi connectivity index (χ0) is 22.1. The number of rotatable bonds is 10. The molecule has 1 heterocycles. The summed E-state index contributed by atoms with van der Waals surface area (Å²) in [5, 5.41) is 11.3. The largest absolute Gasteiger partial charge is 0.408 e. The maximum atomic E-state index is 13.2. The topological polar surface area (TPSA) is 88.3 Å². The number of amides is 1. The van der Waals surface area contributed by atoms with Crippen LogP contribution >= 0.6 is 11.8 Å². The molecule has 1 N–H and O–H groups in total. The molecule has 0 radical (unpaired) electrons. The number of carbonyl (C=O) groups excluding carboxylic acids is 2. The predicted octanol–water partition coefficient (Wildman–Crippen LogP) is 3.60. The Kier molecular flexibility index (Phi) is 9.09. The number of Topliss-reactive ketones (excluding diaryl/α,β-unsaturated/α-hetero) is 1. The Morgan fingerprint density at radius 1 is 1.13 bits per heavy atom. The lowest BCUT2D eigenvalue weighted by Crippen LogP contribution is -2.45. The summed E-state index contributed by atoms with van der Waals surface area (Å²) in [7, 11) is 3.99. The molecule has 1 amide bonds. The summed E-state index contributed by atoms with van der Waals surface area (Å²) in [6, 6.07) is 8.97. The highest BCUT2D eigenvalue weighted by molar-refractivity contribution is 7.99. The van der Waals surface area contributed by atoms with Crippen LogP contribution < -0.4 is 5.32 Å². The van der Waals surface area contributed by atoms with Crippen LogP contribution in [0.1, 0.15) is 54.8 Å². The number of hydrogen-bond acceptors (Lipinski definition) is 7. The van der Waals surface area contributed by atoms with E-state index in [1.54, 1.807) is 0 Å². The van der Waals surface area contributed by atoms with E-state index in [1.807, 2.05) is 44.4 Å². The van der Waals surface area contributed by atoms with Crippen molar-refractivity contribution in [2.24, 2.45) is 5.92 Å². The minimum Gasteiger partial charge on any atom is -0.408 e. The van der Waals surface area contributed by atoms with Gasteiger partial charge in [0.1, 0.15) is 6.04 Å². The van der Waals surface area contributed by atoms with E-state index in [0.717, 1.165) is 43.5 Å². The lowest BCUT2D eigenvalue weighted by Gasteiger charge is -2.20. The van der Waals surface area contributed by atoms with Gasteiger partial charge in [-0.2, -0.15) is 0 Å². The van der Waals surface area contributed by atoms with E-state index in [4.69, 9.17) is 4.42 Å². The second-order valence-corrected chi connectivity index (χ2v) is 9.37. The van der Waals surface area contributed by atoms with Crippen molar-refractivity contribution in [1.29, 1.82) is 0 Å². The summed E-state index contributed by atoms with van der Waals surface area (Å²) in [5.74, 6) is 0.325. The highest BCUT2D eigenvalue weighted by Crippen LogP contribution is 2.24. The van der Waals surface area contributed by atoms with Crippen molar-refractivity contribution in [1.82, 2.24) is 20.4 Å². The first-order chi connectivity index (χ1) is 15.0. The molecule has 0 saturated heterocycles. The van der Waals surface area contributed by atoms with Crippen LogP contribution in [0.4, 0.5) is 0 Å². The number of benzene rings is 1. The zero-order valence-electron chi connectivity index (χ0n) is 18.4. The number of thioether (sulfide) groups is 1. The van der Waals surface area contributed by atoms with Crippen molar-refractivity contribution in [2.75, 3.05) is 26.4 Å². The fraction of sp³-hybridized carbons (Fsp3) is 0.565. The molecule has 1 aliphatic carbocycles. The first-order valence-electron chi connectivity index (χ1n) is 11.0. The maximum absolute atomic E-state index is 13.2. The first kappa shape index (κ1) is 23.5. The lowest BCUT2D eigenvalue weighted by molar-refractivity contribution is -0.125. The minimum atomic E-state index is -0.724. The summed E-state index contributed by atoms with van der Waals surface area (Å²) in [5.41, 5.74) is 0.974. The van der Waals surface area contributed by atoms with Gasteiger partial charge >= 0.3 is 0 Å². The van der Waals surface area contributed by atoms with E-state index in [0.29, 0.717) is 11.6 Å². The van der Waals surface area contributed by atoms with E-state index >= 15 is 0 Å². The van der Waals surface area contributed by atoms with Gasteiger partial charge in [-0.05, 0) is 32.5 Å². The summed E-state index contributed by atoms with van der Waals surface area (Å²) in [4.78, 5) is 28.2. The van der Waals surface area contributed by atoms with Crippen LogP contribution in [0.25, 0.3) is 0 Å². The Balaban J connectivity index is 1.70. The molecule has 1 atom stereocenters. The standard InChI is InChI=1S/C23H32N4O3S/c1-27(2)14-15-31-23-26-25-22(30-23)20(28)19(16-17-10-6-5-7-11-17)24-21(29)18-12-8-3-4-9-13-18/h5-7,10-11,18-19H,3-4,8-9,12-16H2,1-2H3,(H,24,29). The van der Waals surface area contributed by atoms with Crippen molar-refractivity contribution in [3.63, 3.8) is 0 Å². The van der Waals surface area contributed by atoms with E-state index < -0.39 is 6.04 Å². The number of nitrogens with one attached hydrogen (secondary N) is 1. The number of hydrogen-bond donors (Lipinski definition) is 1. The summed E-state index contributed by atoms with van der Waals surface area (Å²) in [6.45, 7) is 0.865. The molecule has 1 aliphatic rings. The third-order valence-corrected chi connectivity index (χ3v) is 6.32. The van der Waals surface area contributed by atoms with Gasteiger partial charge in [-0.1, -0.05) is 67.8 Å². The molecule has 1 fully saturated rings. The van der Waals surface area contributed by atoms with Gasteiger partial charge in [0.2, 0.25) is 11.7 Å². The quantitative estimate of drug-likeness (QED) is 0.340. The molecule has 31 heavy (non-hydrogen) atoms. The van der Waals surface area contributed by atoms with Gasteiger partial charge in [0, 0.05) is 24.6 Å². The van der Waals surface area contributed by atoms with Gasteiger partial charge in [-0.25, -0.2) is 0 Å². The first-order valence-corrected chi connectivity index (χ1v) is 12.0. The molecule has 3 rings (SSSR count). The van der Waals surface area contributed by atoms with E-state index in [1.165, 1.54) is 24.6 Å². The summed E-state index contributed by atoms with van der Waals surface area (Å²) >= 11 is 1.42. The molecule has 1 aromatic carbocycles. The van der Waals surface area contributed by atoms with Gasteiger partial charge in [0.15, 0.2) is 0 Å². The van der Waals surface area contributed by atoms with Gasteiger partial charge < -0.3 is 14.6 Å². The monoisotopic (exact) mass is 444 g/mol. The second-order valence-electron chi connectivity index (χ2n) is 8.33. The zero-order valence-corrected chi connectivity index (χ0v) is 19.2. The molecule has 0 aliphatic heterocycles. The molecule has 1 saturated carbocycles. The molecule has 8 heteroatoms. The van der Waals surface area contributed by atoms with Crippen molar-refractivity contribution in [3.8, 4) is 0 Å². The van der Waals surface area contributed by atoms with E-state index in [2.05, 4.69) is 20.4 Å². The molecule has 1 unspecified atom stereocenters. The van der Waals surface area contributed by atoms with Crippen molar-refractivity contribution in [3.05, 3.63) is 41.8 Å². The molecule has 168 valence electrons. The van der Waals surface area contributed by atoms with Crippen LogP contribution in [-0.4, -0.2) is 59.2 Å². The van der Waals surface area contributed by atoms with Crippen molar-refractivity contribution in [2.45, 2.75) is 56.2 Å². The van der Waals surface area contributed by atoms with Gasteiger partial charge in [-0.15, -0.1) is 10.2 Å². The number of carbonyl (C=O) groups is 2. The number of aromatic nitrogens is 2. The van der Waals surface area contributed by atoms with E-state index in [9.17, 15) is 9.59 Å².